The molecule has 0 radical (unpaired) electrons. The highest BCUT2D eigenvalue weighted by Gasteiger charge is 2.52. The van der Waals surface area contributed by atoms with E-state index >= 15 is 0 Å². The number of nitrogens with zero attached hydrogens (tertiary/aromatic N) is 2. The van der Waals surface area contributed by atoms with Gasteiger partial charge >= 0.3 is 5.97 Å². The minimum absolute atomic E-state index is 0.115. The Morgan fingerprint density at radius 2 is 1.79 bits per heavy atom. The Labute approximate surface area is 163 Å². The van der Waals surface area contributed by atoms with Crippen molar-refractivity contribution in [2.45, 2.75) is 24.8 Å². The average molecular weight is 404 g/mol. The Morgan fingerprint density at radius 3 is 2.32 bits per heavy atom. The molecule has 1 N–H and O–H groups in total. The summed E-state index contributed by atoms with van der Waals surface area (Å²) in [6.07, 6.45) is 0. The molecule has 1 saturated heterocycles. The highest BCUT2D eigenvalue weighted by molar-refractivity contribution is 8.13. The average Bonchev–Trinajstić information content (AvgIpc) is 2.87. The molecular formula is C18H16N2O7S. The van der Waals surface area contributed by atoms with Gasteiger partial charge < -0.3 is 9.84 Å². The number of rotatable bonds is 4. The third-order valence-corrected chi connectivity index (χ3v) is 5.14. The van der Waals surface area contributed by atoms with E-state index in [1.807, 2.05) is 0 Å². The largest absolute Gasteiger partial charge is 0.510 e. The van der Waals surface area contributed by atoms with Crippen LogP contribution in [-0.4, -0.2) is 63.4 Å². The van der Waals surface area contributed by atoms with Crippen LogP contribution in [0.2, 0.25) is 0 Å². The molecule has 1 aromatic rings. The molecule has 1 aromatic carbocycles. The molecule has 9 nitrogen and oxygen atoms in total. The first-order valence-electron chi connectivity index (χ1n) is 8.17. The van der Waals surface area contributed by atoms with E-state index in [0.29, 0.717) is 4.90 Å². The molecule has 10 heteroatoms. The quantitative estimate of drug-likeness (QED) is 0.198. The van der Waals surface area contributed by atoms with Gasteiger partial charge in [0, 0.05) is 11.8 Å². The Kier molecular flexibility index (Phi) is 4.99. The molecule has 0 aromatic heterocycles. The van der Waals surface area contributed by atoms with Crippen LogP contribution in [0.1, 0.15) is 34.6 Å². The van der Waals surface area contributed by atoms with Gasteiger partial charge in [0.2, 0.25) is 0 Å². The highest BCUT2D eigenvalue weighted by Crippen LogP contribution is 2.33. The molecule has 146 valence electrons. The van der Waals surface area contributed by atoms with Crippen molar-refractivity contribution in [3.05, 3.63) is 40.8 Å². The maximum absolute atomic E-state index is 12.7. The van der Waals surface area contributed by atoms with Gasteiger partial charge in [-0.25, -0.2) is 4.79 Å². The number of imide groups is 1. The summed E-state index contributed by atoms with van der Waals surface area (Å²) in [4.78, 5) is 63.2. The molecule has 1 unspecified atom stereocenters. The number of esters is 1. The number of methoxy groups -OCH3 is 1. The highest BCUT2D eigenvalue weighted by atomic mass is 32.2. The first kappa shape index (κ1) is 19.6. The van der Waals surface area contributed by atoms with Gasteiger partial charge in [-0.15, -0.1) is 0 Å². The maximum Gasteiger partial charge on any atom is 0.358 e. The summed E-state index contributed by atoms with van der Waals surface area (Å²) in [6.45, 7) is 2.47. The molecule has 0 spiro atoms. The number of aliphatic hydroxyl groups is 1. The Hall–Kier alpha value is -3.14. The Balaban J connectivity index is 1.84. The monoisotopic (exact) mass is 404 g/mol. The first-order chi connectivity index (χ1) is 13.2. The van der Waals surface area contributed by atoms with Gasteiger partial charge in [-0.3, -0.25) is 29.0 Å². The third kappa shape index (κ3) is 3.05. The lowest BCUT2D eigenvalue weighted by Gasteiger charge is -2.41. The minimum Gasteiger partial charge on any atom is -0.510 e. The van der Waals surface area contributed by atoms with E-state index in [4.69, 9.17) is 0 Å². The van der Waals surface area contributed by atoms with Crippen LogP contribution in [0.25, 0.3) is 0 Å². The lowest BCUT2D eigenvalue weighted by atomic mass is 10.0. The summed E-state index contributed by atoms with van der Waals surface area (Å²) in [5.74, 6) is -3.26. The summed E-state index contributed by atoms with van der Waals surface area (Å²) in [5, 5.41) is 9.51. The predicted molar refractivity (Wildman–Crippen MR) is 96.3 cm³/mol. The summed E-state index contributed by atoms with van der Waals surface area (Å²) < 4.78 is 4.55. The third-order valence-electron chi connectivity index (χ3n) is 4.36. The number of hydrogen-bond acceptors (Lipinski definition) is 8. The van der Waals surface area contributed by atoms with Crippen LogP contribution in [0.3, 0.4) is 0 Å². The molecule has 0 aliphatic carbocycles. The van der Waals surface area contributed by atoms with Crippen LogP contribution in [0.5, 0.6) is 0 Å². The van der Waals surface area contributed by atoms with Crippen molar-refractivity contribution in [1.82, 2.24) is 9.80 Å². The van der Waals surface area contributed by atoms with Crippen molar-refractivity contribution in [2.75, 3.05) is 13.7 Å². The number of carbonyl (C=O) groups excluding carboxylic acids is 5. The molecule has 2 heterocycles. The van der Waals surface area contributed by atoms with Gasteiger partial charge in [0.05, 0.1) is 24.8 Å². The number of likely N-dealkylation sites (tertiary alicyclic amines) is 1. The topological polar surface area (TPSA) is 121 Å². The van der Waals surface area contributed by atoms with Crippen LogP contribution in [0, 0.1) is 0 Å². The number of benzene rings is 1. The standard InChI is InChI=1S/C18H16N2O7S/c1-8(21)14(18(26)27-3)19-7-13(17(19)25)20-15(23)11-5-4-10(28-9(2)22)6-12(11)16(20)24/h4-6,13,21H,7H2,1-3H3. The van der Waals surface area contributed by atoms with Gasteiger partial charge in [-0.1, -0.05) is 11.8 Å². The summed E-state index contributed by atoms with van der Waals surface area (Å²) in [7, 11) is 1.10. The molecule has 0 saturated carbocycles. The molecule has 2 aliphatic rings. The SMILES string of the molecule is COC(=O)C(=C(C)O)N1CC(N2C(=O)c3ccc(SC(C)=O)cc3C2=O)C1=O. The number of fused-ring (bicyclic) bond motifs is 1. The molecule has 3 amide bonds. The normalized spacial score (nSPS) is 19.2. The van der Waals surface area contributed by atoms with Crippen LogP contribution < -0.4 is 0 Å². The number of ether oxygens (including phenoxy) is 1. The van der Waals surface area contributed by atoms with Gasteiger partial charge in [0.15, 0.2) is 10.8 Å². The van der Waals surface area contributed by atoms with Crippen LogP contribution in [0.15, 0.2) is 34.6 Å². The van der Waals surface area contributed by atoms with Crippen molar-refractivity contribution in [2.24, 2.45) is 0 Å². The van der Waals surface area contributed by atoms with Crippen molar-refractivity contribution in [1.29, 1.82) is 0 Å². The zero-order valence-electron chi connectivity index (χ0n) is 15.2. The predicted octanol–water partition coefficient (Wildman–Crippen LogP) is 1.09. The van der Waals surface area contributed by atoms with Gasteiger partial charge in [-0.2, -0.15) is 0 Å². The molecule has 1 atom stereocenters. The number of carbonyl (C=O) groups is 5. The van der Waals surface area contributed by atoms with E-state index in [-0.39, 0.29) is 28.5 Å². The van der Waals surface area contributed by atoms with E-state index < -0.39 is 35.5 Å². The number of allylic oxidation sites excluding steroid dienone is 1. The van der Waals surface area contributed by atoms with Crippen molar-refractivity contribution >= 4 is 40.6 Å². The van der Waals surface area contributed by atoms with Crippen LogP contribution in [0.4, 0.5) is 0 Å². The summed E-state index contributed by atoms with van der Waals surface area (Å²) in [5.41, 5.74) is -0.0729. The molecule has 1 fully saturated rings. The van der Waals surface area contributed by atoms with Gasteiger partial charge in [0.25, 0.3) is 17.7 Å². The lowest BCUT2D eigenvalue weighted by Crippen LogP contribution is -2.65. The Morgan fingerprint density at radius 1 is 1.14 bits per heavy atom. The molecule has 28 heavy (non-hydrogen) atoms. The number of aliphatic hydroxyl groups excluding tert-OH is 1. The second-order valence-electron chi connectivity index (χ2n) is 6.17. The van der Waals surface area contributed by atoms with Crippen molar-refractivity contribution in [3.8, 4) is 0 Å². The maximum atomic E-state index is 12.7. The smallest absolute Gasteiger partial charge is 0.358 e. The summed E-state index contributed by atoms with van der Waals surface area (Å²) in [6, 6.07) is 3.36. The van der Waals surface area contributed by atoms with E-state index in [1.165, 1.54) is 26.0 Å². The zero-order valence-corrected chi connectivity index (χ0v) is 16.0. The Bertz CT molecular complexity index is 965. The number of hydrogen-bond donors (Lipinski definition) is 1. The van der Waals surface area contributed by atoms with Gasteiger partial charge in [0.1, 0.15) is 11.8 Å². The van der Waals surface area contributed by atoms with Crippen molar-refractivity contribution < 1.29 is 33.8 Å². The van der Waals surface area contributed by atoms with E-state index in [0.717, 1.165) is 28.7 Å². The van der Waals surface area contributed by atoms with E-state index in [1.54, 1.807) is 6.07 Å². The minimum atomic E-state index is -1.09. The number of amides is 3. The lowest BCUT2D eigenvalue weighted by molar-refractivity contribution is -0.151. The zero-order chi connectivity index (χ0) is 20.7. The molecule has 3 rings (SSSR count). The fourth-order valence-corrected chi connectivity index (χ4v) is 3.75. The molecule has 0 bridgehead atoms. The van der Waals surface area contributed by atoms with Crippen molar-refractivity contribution in [3.63, 3.8) is 0 Å². The van der Waals surface area contributed by atoms with Crippen LogP contribution >= 0.6 is 11.8 Å². The number of thioether (sulfide) groups is 1. The number of β-lactam (4-membered cyclic amide) rings is 1. The van der Waals surface area contributed by atoms with E-state index in [9.17, 15) is 29.1 Å². The summed E-state index contributed by atoms with van der Waals surface area (Å²) >= 11 is 0.929. The molecule has 2 aliphatic heterocycles. The first-order valence-corrected chi connectivity index (χ1v) is 8.99. The fourth-order valence-electron chi connectivity index (χ4n) is 3.10. The second-order valence-corrected chi connectivity index (χ2v) is 7.42. The van der Waals surface area contributed by atoms with Crippen LogP contribution in [-0.2, 0) is 19.1 Å². The second kappa shape index (κ2) is 7.12. The van der Waals surface area contributed by atoms with E-state index in [2.05, 4.69) is 4.74 Å². The molecular weight excluding hydrogens is 388 g/mol. The van der Waals surface area contributed by atoms with Gasteiger partial charge in [-0.05, 0) is 25.1 Å². The fraction of sp³-hybridized carbons (Fsp3) is 0.278.